The number of amides is 1. The summed E-state index contributed by atoms with van der Waals surface area (Å²) in [4.78, 5) is 13.9. The van der Waals surface area contributed by atoms with E-state index >= 15 is 0 Å². The summed E-state index contributed by atoms with van der Waals surface area (Å²) in [5.41, 5.74) is 3.97. The van der Waals surface area contributed by atoms with Crippen molar-refractivity contribution in [1.29, 1.82) is 0 Å². The first-order valence-corrected chi connectivity index (χ1v) is 5.99. The Bertz CT molecular complexity index is 540. The smallest absolute Gasteiger partial charge is 0.258 e. The summed E-state index contributed by atoms with van der Waals surface area (Å²) in [7, 11) is 1.80. The molecule has 0 aromatic heterocycles. The third kappa shape index (κ3) is 2.59. The molecule has 0 heterocycles. The number of nitrogens with zero attached hydrogens (tertiary/aromatic N) is 1. The number of rotatable bonds is 2. The first-order valence-electron chi connectivity index (χ1n) is 5.99. The normalized spacial score (nSPS) is 10.2. The molecule has 0 bridgehead atoms. The van der Waals surface area contributed by atoms with Gasteiger partial charge in [-0.1, -0.05) is 35.4 Å². The number of aryl methyl sites for hydroxylation is 2. The van der Waals surface area contributed by atoms with Crippen LogP contribution in [-0.4, -0.2) is 13.0 Å². The standard InChI is InChI=1S/C16H17NO/c1-12-4-8-14(9-5-12)16(18)17(3)15-10-6-13(2)7-11-15/h4-11H,1-3H3. The lowest BCUT2D eigenvalue weighted by Crippen LogP contribution is -2.26. The second-order valence-electron chi connectivity index (χ2n) is 4.57. The van der Waals surface area contributed by atoms with Crippen molar-refractivity contribution in [2.24, 2.45) is 0 Å². The van der Waals surface area contributed by atoms with Crippen LogP contribution in [0.25, 0.3) is 0 Å². The maximum Gasteiger partial charge on any atom is 0.258 e. The minimum atomic E-state index is 0.0128. The lowest BCUT2D eigenvalue weighted by Gasteiger charge is -2.17. The third-order valence-electron chi connectivity index (χ3n) is 3.02. The largest absolute Gasteiger partial charge is 0.311 e. The molecule has 1 amide bonds. The van der Waals surface area contributed by atoms with E-state index in [2.05, 4.69) is 0 Å². The predicted molar refractivity (Wildman–Crippen MR) is 75.1 cm³/mol. The van der Waals surface area contributed by atoms with E-state index < -0.39 is 0 Å². The summed E-state index contributed by atoms with van der Waals surface area (Å²) in [5, 5.41) is 0. The molecule has 0 saturated carbocycles. The van der Waals surface area contributed by atoms with Crippen LogP contribution in [-0.2, 0) is 0 Å². The molecular weight excluding hydrogens is 222 g/mol. The summed E-state index contributed by atoms with van der Waals surface area (Å²) in [6.07, 6.45) is 0. The fourth-order valence-electron chi connectivity index (χ4n) is 1.78. The van der Waals surface area contributed by atoms with Gasteiger partial charge in [-0.3, -0.25) is 4.79 Å². The van der Waals surface area contributed by atoms with Gasteiger partial charge in [0.25, 0.3) is 5.91 Å². The number of hydrogen-bond donors (Lipinski definition) is 0. The van der Waals surface area contributed by atoms with E-state index in [1.807, 2.05) is 62.4 Å². The fourth-order valence-corrected chi connectivity index (χ4v) is 1.78. The maximum atomic E-state index is 12.3. The molecule has 0 fully saturated rings. The van der Waals surface area contributed by atoms with Crippen molar-refractivity contribution in [2.75, 3.05) is 11.9 Å². The minimum Gasteiger partial charge on any atom is -0.311 e. The lowest BCUT2D eigenvalue weighted by atomic mass is 10.1. The van der Waals surface area contributed by atoms with Gasteiger partial charge in [0.05, 0.1) is 0 Å². The number of carbonyl (C=O) groups excluding carboxylic acids is 1. The van der Waals surface area contributed by atoms with Crippen molar-refractivity contribution in [3.8, 4) is 0 Å². The van der Waals surface area contributed by atoms with Crippen LogP contribution in [0.15, 0.2) is 48.5 Å². The Morgan fingerprint density at radius 1 is 0.833 bits per heavy atom. The van der Waals surface area contributed by atoms with Crippen LogP contribution in [0.5, 0.6) is 0 Å². The quantitative estimate of drug-likeness (QED) is 0.784. The van der Waals surface area contributed by atoms with E-state index in [-0.39, 0.29) is 5.91 Å². The summed E-state index contributed by atoms with van der Waals surface area (Å²) < 4.78 is 0. The van der Waals surface area contributed by atoms with Crippen LogP contribution in [0.1, 0.15) is 21.5 Å². The van der Waals surface area contributed by atoms with Crippen molar-refractivity contribution in [2.45, 2.75) is 13.8 Å². The van der Waals surface area contributed by atoms with Crippen LogP contribution in [0.4, 0.5) is 5.69 Å². The van der Waals surface area contributed by atoms with E-state index in [0.717, 1.165) is 11.3 Å². The zero-order valence-corrected chi connectivity index (χ0v) is 11.0. The Kier molecular flexibility index (Phi) is 3.47. The van der Waals surface area contributed by atoms with Gasteiger partial charge in [0.2, 0.25) is 0 Å². The number of anilines is 1. The van der Waals surface area contributed by atoms with Gasteiger partial charge in [0.15, 0.2) is 0 Å². The highest BCUT2D eigenvalue weighted by molar-refractivity contribution is 6.05. The van der Waals surface area contributed by atoms with E-state index in [1.54, 1.807) is 11.9 Å². The van der Waals surface area contributed by atoms with Gasteiger partial charge in [-0.15, -0.1) is 0 Å². The monoisotopic (exact) mass is 239 g/mol. The second kappa shape index (κ2) is 5.05. The van der Waals surface area contributed by atoms with Crippen LogP contribution < -0.4 is 4.90 Å². The summed E-state index contributed by atoms with van der Waals surface area (Å²) >= 11 is 0. The lowest BCUT2D eigenvalue weighted by molar-refractivity contribution is 0.0993. The summed E-state index contributed by atoms with van der Waals surface area (Å²) in [6.45, 7) is 4.05. The van der Waals surface area contributed by atoms with Gasteiger partial charge >= 0.3 is 0 Å². The molecule has 92 valence electrons. The van der Waals surface area contributed by atoms with Gasteiger partial charge in [0.1, 0.15) is 0 Å². The van der Waals surface area contributed by atoms with Gasteiger partial charge < -0.3 is 4.90 Å². The van der Waals surface area contributed by atoms with Gasteiger partial charge in [-0.05, 0) is 38.1 Å². The van der Waals surface area contributed by atoms with Crippen LogP contribution >= 0.6 is 0 Å². The van der Waals surface area contributed by atoms with E-state index in [9.17, 15) is 4.79 Å². The fraction of sp³-hybridized carbons (Fsp3) is 0.188. The molecule has 2 aromatic carbocycles. The zero-order valence-electron chi connectivity index (χ0n) is 11.0. The van der Waals surface area contributed by atoms with E-state index in [4.69, 9.17) is 0 Å². The summed E-state index contributed by atoms with van der Waals surface area (Å²) in [6, 6.07) is 15.6. The third-order valence-corrected chi connectivity index (χ3v) is 3.02. The molecule has 0 N–H and O–H groups in total. The highest BCUT2D eigenvalue weighted by Crippen LogP contribution is 2.16. The van der Waals surface area contributed by atoms with E-state index in [0.29, 0.717) is 5.56 Å². The molecule has 2 heteroatoms. The predicted octanol–water partition coefficient (Wildman–Crippen LogP) is 3.58. The molecule has 0 atom stereocenters. The molecule has 0 radical (unpaired) electrons. The molecule has 2 rings (SSSR count). The number of benzene rings is 2. The molecule has 0 aliphatic carbocycles. The molecular formula is C16H17NO. The Balaban J connectivity index is 2.23. The van der Waals surface area contributed by atoms with Crippen molar-refractivity contribution in [1.82, 2.24) is 0 Å². The van der Waals surface area contributed by atoms with Crippen LogP contribution in [0.2, 0.25) is 0 Å². The average Bonchev–Trinajstić information content (AvgIpc) is 2.39. The van der Waals surface area contributed by atoms with Gasteiger partial charge in [0, 0.05) is 18.3 Å². The minimum absolute atomic E-state index is 0.0128. The Morgan fingerprint density at radius 3 is 1.78 bits per heavy atom. The van der Waals surface area contributed by atoms with Gasteiger partial charge in [-0.25, -0.2) is 0 Å². The topological polar surface area (TPSA) is 20.3 Å². The van der Waals surface area contributed by atoms with Crippen molar-refractivity contribution in [3.63, 3.8) is 0 Å². The molecule has 0 unspecified atom stereocenters. The van der Waals surface area contributed by atoms with Crippen LogP contribution in [0.3, 0.4) is 0 Å². The highest BCUT2D eigenvalue weighted by Gasteiger charge is 2.12. The van der Waals surface area contributed by atoms with Gasteiger partial charge in [-0.2, -0.15) is 0 Å². The number of hydrogen-bond acceptors (Lipinski definition) is 1. The second-order valence-corrected chi connectivity index (χ2v) is 4.57. The zero-order chi connectivity index (χ0) is 13.1. The molecule has 2 aromatic rings. The molecule has 0 spiro atoms. The number of carbonyl (C=O) groups is 1. The van der Waals surface area contributed by atoms with E-state index in [1.165, 1.54) is 5.56 Å². The summed E-state index contributed by atoms with van der Waals surface area (Å²) in [5.74, 6) is 0.0128. The van der Waals surface area contributed by atoms with Crippen LogP contribution in [0, 0.1) is 13.8 Å². The first kappa shape index (κ1) is 12.4. The molecule has 0 aliphatic heterocycles. The van der Waals surface area contributed by atoms with Crippen molar-refractivity contribution in [3.05, 3.63) is 65.2 Å². The first-order chi connectivity index (χ1) is 8.58. The average molecular weight is 239 g/mol. The van der Waals surface area contributed by atoms with Crippen molar-refractivity contribution >= 4 is 11.6 Å². The molecule has 2 nitrogen and oxygen atoms in total. The molecule has 0 saturated heterocycles. The van der Waals surface area contributed by atoms with Crippen molar-refractivity contribution < 1.29 is 4.79 Å². The SMILES string of the molecule is Cc1ccc(C(=O)N(C)c2ccc(C)cc2)cc1. The molecule has 18 heavy (non-hydrogen) atoms. The Morgan fingerprint density at radius 2 is 1.28 bits per heavy atom. The maximum absolute atomic E-state index is 12.3. The highest BCUT2D eigenvalue weighted by atomic mass is 16.2. The Labute approximate surface area is 108 Å². The Hall–Kier alpha value is -2.09. The molecule has 0 aliphatic rings.